The van der Waals surface area contributed by atoms with Crippen molar-refractivity contribution in [2.45, 2.75) is 19.4 Å². The molecular weight excluding hydrogens is 390 g/mol. The Bertz CT molecular complexity index is 933. The zero-order valence-corrected chi connectivity index (χ0v) is 16.6. The van der Waals surface area contributed by atoms with Crippen molar-refractivity contribution < 1.29 is 26.7 Å². The first-order valence-corrected chi connectivity index (χ1v) is 10.4. The van der Waals surface area contributed by atoms with Gasteiger partial charge in [-0.05, 0) is 36.2 Å². The number of anilines is 1. The Kier molecular flexibility index (Phi) is 6.95. The number of hydrogen-bond acceptors (Lipinski definition) is 4. The summed E-state index contributed by atoms with van der Waals surface area (Å²) in [6.45, 7) is 1.31. The number of amides is 1. The van der Waals surface area contributed by atoms with Crippen LogP contribution >= 0.6 is 0 Å². The van der Waals surface area contributed by atoms with Gasteiger partial charge in [0.25, 0.3) is 0 Å². The molecular formula is C19H22F2N2O4S. The van der Waals surface area contributed by atoms with E-state index in [1.54, 1.807) is 31.4 Å². The van der Waals surface area contributed by atoms with Gasteiger partial charge >= 0.3 is 0 Å². The monoisotopic (exact) mass is 412 g/mol. The number of rotatable bonds is 8. The molecule has 0 aliphatic rings. The van der Waals surface area contributed by atoms with Gasteiger partial charge in [0.05, 0.1) is 25.1 Å². The zero-order chi connectivity index (χ0) is 20.9. The Morgan fingerprint density at radius 3 is 2.29 bits per heavy atom. The minimum absolute atomic E-state index is 0.131. The lowest BCUT2D eigenvalue weighted by molar-refractivity contribution is -0.120. The smallest absolute Gasteiger partial charge is 0.241 e. The van der Waals surface area contributed by atoms with Gasteiger partial charge in [0, 0.05) is 6.07 Å². The molecule has 1 amide bonds. The molecule has 0 saturated carbocycles. The molecule has 2 rings (SSSR count). The molecule has 0 radical (unpaired) electrons. The van der Waals surface area contributed by atoms with Gasteiger partial charge in [-0.25, -0.2) is 17.2 Å². The molecule has 6 nitrogen and oxygen atoms in total. The van der Waals surface area contributed by atoms with Gasteiger partial charge < -0.3 is 10.1 Å². The Morgan fingerprint density at radius 1 is 1.14 bits per heavy atom. The van der Waals surface area contributed by atoms with Gasteiger partial charge in [0.15, 0.2) is 11.6 Å². The van der Waals surface area contributed by atoms with Crippen molar-refractivity contribution in [2.24, 2.45) is 0 Å². The van der Waals surface area contributed by atoms with Crippen LogP contribution in [0.2, 0.25) is 0 Å². The molecule has 0 aliphatic heterocycles. The maximum absolute atomic E-state index is 13.5. The highest BCUT2D eigenvalue weighted by Gasteiger charge is 2.23. The van der Waals surface area contributed by atoms with Crippen LogP contribution in [0.5, 0.6) is 5.75 Å². The number of methoxy groups -OCH3 is 1. The summed E-state index contributed by atoms with van der Waals surface area (Å²) in [5, 5.41) is 2.77. The first-order valence-electron chi connectivity index (χ1n) is 8.51. The van der Waals surface area contributed by atoms with Gasteiger partial charge in [-0.15, -0.1) is 0 Å². The van der Waals surface area contributed by atoms with Gasteiger partial charge in [-0.1, -0.05) is 19.1 Å². The lowest BCUT2D eigenvalue weighted by atomic mass is 10.0. The minimum Gasteiger partial charge on any atom is -0.497 e. The number of halogens is 2. The zero-order valence-electron chi connectivity index (χ0n) is 15.8. The summed E-state index contributed by atoms with van der Waals surface area (Å²) in [6, 6.07) is 9.44. The molecule has 0 bridgehead atoms. The van der Waals surface area contributed by atoms with Crippen LogP contribution in [0.4, 0.5) is 14.5 Å². The molecule has 28 heavy (non-hydrogen) atoms. The Balaban J connectivity index is 2.19. The summed E-state index contributed by atoms with van der Waals surface area (Å²) in [5.41, 5.74) is 0.699. The van der Waals surface area contributed by atoms with E-state index in [0.29, 0.717) is 12.2 Å². The molecule has 0 aliphatic carbocycles. The molecule has 0 saturated heterocycles. The van der Waals surface area contributed by atoms with Crippen molar-refractivity contribution in [2.75, 3.05) is 24.2 Å². The standard InChI is InChI=1S/C19H22F2N2O4S/c1-4-18(13-5-8-15(27-2)9-6-13)22-19(24)12-23(28(3,25)26)14-7-10-16(20)17(21)11-14/h5-11,18H,4,12H2,1-3H3,(H,22,24)/t18-/m1/s1. The van der Waals surface area contributed by atoms with Crippen LogP contribution in [-0.4, -0.2) is 34.2 Å². The van der Waals surface area contributed by atoms with E-state index in [4.69, 9.17) is 4.74 Å². The maximum atomic E-state index is 13.5. The first kappa shape index (κ1) is 21.6. The van der Waals surface area contributed by atoms with Gasteiger partial charge in [0.1, 0.15) is 12.3 Å². The van der Waals surface area contributed by atoms with Crippen molar-refractivity contribution in [1.82, 2.24) is 5.32 Å². The lowest BCUT2D eigenvalue weighted by Crippen LogP contribution is -2.41. The molecule has 1 atom stereocenters. The van der Waals surface area contributed by atoms with Crippen molar-refractivity contribution in [3.05, 3.63) is 59.7 Å². The molecule has 152 valence electrons. The van der Waals surface area contributed by atoms with E-state index in [-0.39, 0.29) is 11.7 Å². The molecule has 0 unspecified atom stereocenters. The van der Waals surface area contributed by atoms with Gasteiger partial charge in [-0.3, -0.25) is 9.10 Å². The number of carbonyl (C=O) groups excluding carboxylic acids is 1. The SMILES string of the molecule is CC[C@@H](NC(=O)CN(c1ccc(F)c(F)c1)S(C)(=O)=O)c1ccc(OC)cc1. The van der Waals surface area contributed by atoms with Crippen LogP contribution in [0.1, 0.15) is 24.9 Å². The van der Waals surface area contributed by atoms with Crippen molar-refractivity contribution >= 4 is 21.6 Å². The minimum atomic E-state index is -3.89. The van der Waals surface area contributed by atoms with E-state index >= 15 is 0 Å². The average molecular weight is 412 g/mol. The number of carbonyl (C=O) groups is 1. The van der Waals surface area contributed by atoms with E-state index in [2.05, 4.69) is 5.32 Å². The summed E-state index contributed by atoms with van der Waals surface area (Å²) >= 11 is 0. The number of sulfonamides is 1. The van der Waals surface area contributed by atoms with Crippen LogP contribution in [0.15, 0.2) is 42.5 Å². The Morgan fingerprint density at radius 2 is 1.79 bits per heavy atom. The van der Waals surface area contributed by atoms with Crippen LogP contribution in [-0.2, 0) is 14.8 Å². The molecule has 0 spiro atoms. The average Bonchev–Trinajstić information content (AvgIpc) is 2.65. The summed E-state index contributed by atoms with van der Waals surface area (Å²) in [4.78, 5) is 12.5. The summed E-state index contributed by atoms with van der Waals surface area (Å²) in [7, 11) is -2.34. The van der Waals surface area contributed by atoms with E-state index < -0.39 is 34.1 Å². The van der Waals surface area contributed by atoms with Crippen molar-refractivity contribution in [1.29, 1.82) is 0 Å². The summed E-state index contributed by atoms with van der Waals surface area (Å²) in [6.07, 6.45) is 1.46. The third-order valence-corrected chi connectivity index (χ3v) is 5.28. The number of nitrogens with zero attached hydrogens (tertiary/aromatic N) is 1. The Hall–Kier alpha value is -2.68. The molecule has 0 heterocycles. The molecule has 0 fully saturated rings. The topological polar surface area (TPSA) is 75.7 Å². The summed E-state index contributed by atoms with van der Waals surface area (Å²) < 4.78 is 56.6. The second-order valence-electron chi connectivity index (χ2n) is 6.17. The number of hydrogen-bond donors (Lipinski definition) is 1. The van der Waals surface area contributed by atoms with E-state index in [1.165, 1.54) is 0 Å². The highest BCUT2D eigenvalue weighted by molar-refractivity contribution is 7.92. The van der Waals surface area contributed by atoms with E-state index in [1.807, 2.05) is 6.92 Å². The summed E-state index contributed by atoms with van der Waals surface area (Å²) in [5.74, 6) is -2.20. The van der Waals surface area contributed by atoms with Gasteiger partial charge in [-0.2, -0.15) is 0 Å². The fraction of sp³-hybridized carbons (Fsp3) is 0.316. The predicted octanol–water partition coefficient (Wildman–Crippen LogP) is 3.01. The van der Waals surface area contributed by atoms with E-state index in [9.17, 15) is 22.0 Å². The third kappa shape index (κ3) is 5.41. The quantitative estimate of drug-likeness (QED) is 0.723. The lowest BCUT2D eigenvalue weighted by Gasteiger charge is -2.24. The first-order chi connectivity index (χ1) is 13.2. The second kappa shape index (κ2) is 9.01. The fourth-order valence-corrected chi connectivity index (χ4v) is 3.52. The number of benzene rings is 2. The highest BCUT2D eigenvalue weighted by Crippen LogP contribution is 2.22. The largest absolute Gasteiger partial charge is 0.497 e. The molecule has 9 heteroatoms. The predicted molar refractivity (Wildman–Crippen MR) is 103 cm³/mol. The van der Waals surface area contributed by atoms with Crippen molar-refractivity contribution in [3.63, 3.8) is 0 Å². The van der Waals surface area contributed by atoms with E-state index in [0.717, 1.165) is 34.3 Å². The number of nitrogens with one attached hydrogen (secondary N) is 1. The molecule has 2 aromatic rings. The molecule has 0 aromatic heterocycles. The van der Waals surface area contributed by atoms with Crippen molar-refractivity contribution in [3.8, 4) is 5.75 Å². The van der Waals surface area contributed by atoms with Crippen LogP contribution < -0.4 is 14.4 Å². The third-order valence-electron chi connectivity index (χ3n) is 4.14. The molecule has 1 N–H and O–H groups in total. The van der Waals surface area contributed by atoms with Crippen LogP contribution in [0.3, 0.4) is 0 Å². The van der Waals surface area contributed by atoms with Crippen LogP contribution in [0.25, 0.3) is 0 Å². The normalized spacial score (nSPS) is 12.3. The van der Waals surface area contributed by atoms with Gasteiger partial charge in [0.2, 0.25) is 15.9 Å². The van der Waals surface area contributed by atoms with Crippen LogP contribution in [0, 0.1) is 11.6 Å². The number of ether oxygens (including phenoxy) is 1. The fourth-order valence-electron chi connectivity index (χ4n) is 2.67. The Labute approximate surface area is 163 Å². The highest BCUT2D eigenvalue weighted by atomic mass is 32.2. The second-order valence-corrected chi connectivity index (χ2v) is 8.08. The maximum Gasteiger partial charge on any atom is 0.241 e. The molecule has 2 aromatic carbocycles.